The number of carbonyl (C=O) groups excluding carboxylic acids is 1. The van der Waals surface area contributed by atoms with Crippen molar-refractivity contribution in [2.45, 2.75) is 33.1 Å². The molecule has 0 radical (unpaired) electrons. The second-order valence-electron chi connectivity index (χ2n) is 4.24. The van der Waals surface area contributed by atoms with E-state index in [-0.39, 0.29) is 0 Å². The highest BCUT2D eigenvalue weighted by molar-refractivity contribution is 7.87. The van der Waals surface area contributed by atoms with Gasteiger partial charge in [0.05, 0.1) is 12.2 Å². The molecule has 0 aromatic rings. The van der Waals surface area contributed by atoms with E-state index in [9.17, 15) is 13.2 Å². The molecule has 6 nitrogen and oxygen atoms in total. The van der Waals surface area contributed by atoms with Crippen molar-refractivity contribution < 1.29 is 17.9 Å². The fourth-order valence-electron chi connectivity index (χ4n) is 1.70. The van der Waals surface area contributed by atoms with E-state index in [1.165, 1.54) is 7.05 Å². The van der Waals surface area contributed by atoms with Crippen LogP contribution in [0, 0.1) is 0 Å². The first kappa shape index (κ1) is 15.0. The van der Waals surface area contributed by atoms with Gasteiger partial charge in [-0.05, 0) is 26.2 Å². The maximum Gasteiger partial charge on any atom is 0.303 e. The molecular weight excluding hydrogens is 256 g/mol. The van der Waals surface area contributed by atoms with E-state index in [0.717, 1.165) is 10.7 Å². The lowest BCUT2D eigenvalue weighted by molar-refractivity contribution is -0.116. The maximum absolute atomic E-state index is 11.9. The van der Waals surface area contributed by atoms with Crippen molar-refractivity contribution in [3.8, 4) is 0 Å². The highest BCUT2D eigenvalue weighted by atomic mass is 32.2. The minimum Gasteiger partial charge on any atom is -0.498 e. The van der Waals surface area contributed by atoms with E-state index in [1.54, 1.807) is 6.92 Å². The Hall–Kier alpha value is -1.08. The van der Waals surface area contributed by atoms with Gasteiger partial charge in [-0.15, -0.1) is 0 Å². The zero-order valence-electron chi connectivity index (χ0n) is 11.0. The summed E-state index contributed by atoms with van der Waals surface area (Å²) in [5.41, 5.74) is 0.412. The van der Waals surface area contributed by atoms with Crippen LogP contribution in [0.15, 0.2) is 11.3 Å². The molecule has 1 aliphatic heterocycles. The fourth-order valence-corrected chi connectivity index (χ4v) is 2.64. The molecule has 0 fully saturated rings. The van der Waals surface area contributed by atoms with Crippen LogP contribution in [0.4, 0.5) is 0 Å². The molecule has 0 aromatic carbocycles. The molecule has 0 saturated heterocycles. The van der Waals surface area contributed by atoms with Crippen LogP contribution in [0.1, 0.15) is 33.1 Å². The molecule has 1 aliphatic rings. The summed E-state index contributed by atoms with van der Waals surface area (Å²) in [5.74, 6) is -0.0813. The number of hydrogen-bond acceptors (Lipinski definition) is 4. The Morgan fingerprint density at radius 3 is 2.72 bits per heavy atom. The minimum atomic E-state index is -3.75. The summed E-state index contributed by atoms with van der Waals surface area (Å²) in [6.45, 7) is 4.49. The molecule has 1 N–H and O–H groups in total. The van der Waals surface area contributed by atoms with Crippen molar-refractivity contribution in [3.63, 3.8) is 0 Å². The van der Waals surface area contributed by atoms with Gasteiger partial charge < -0.3 is 4.74 Å². The standard InChI is InChI=1S/C11H20N2O4S/c1-4-7-13(3)18(15,16)12-11(14)10-6-5-8-17-9(10)2/h4-8H2,1-3H3,(H,12,14). The molecule has 0 saturated carbocycles. The van der Waals surface area contributed by atoms with Crippen LogP contribution >= 0.6 is 0 Å². The van der Waals surface area contributed by atoms with Gasteiger partial charge >= 0.3 is 10.2 Å². The number of nitrogens with one attached hydrogen (secondary N) is 1. The lowest BCUT2D eigenvalue weighted by Gasteiger charge is -2.20. The number of amides is 1. The summed E-state index contributed by atoms with van der Waals surface area (Å²) >= 11 is 0. The van der Waals surface area contributed by atoms with Crippen molar-refractivity contribution in [2.75, 3.05) is 20.2 Å². The summed E-state index contributed by atoms with van der Waals surface area (Å²) in [6, 6.07) is 0. The van der Waals surface area contributed by atoms with Crippen molar-refractivity contribution >= 4 is 16.1 Å². The Morgan fingerprint density at radius 1 is 1.50 bits per heavy atom. The summed E-state index contributed by atoms with van der Waals surface area (Å²) in [5, 5.41) is 0. The molecule has 18 heavy (non-hydrogen) atoms. The number of carbonyl (C=O) groups is 1. The molecular formula is C11H20N2O4S. The molecule has 0 aromatic heterocycles. The zero-order chi connectivity index (χ0) is 13.8. The molecule has 0 atom stereocenters. The molecule has 1 rings (SSSR count). The monoisotopic (exact) mass is 276 g/mol. The van der Waals surface area contributed by atoms with E-state index in [4.69, 9.17) is 4.74 Å². The van der Waals surface area contributed by atoms with Gasteiger partial charge in [-0.2, -0.15) is 12.7 Å². The average molecular weight is 276 g/mol. The van der Waals surface area contributed by atoms with Crippen LogP contribution in [0.25, 0.3) is 0 Å². The summed E-state index contributed by atoms with van der Waals surface area (Å²) in [4.78, 5) is 11.9. The number of ether oxygens (including phenoxy) is 1. The lowest BCUT2D eigenvalue weighted by Crippen LogP contribution is -2.42. The highest BCUT2D eigenvalue weighted by Gasteiger charge is 2.24. The van der Waals surface area contributed by atoms with Crippen LogP contribution < -0.4 is 4.72 Å². The quantitative estimate of drug-likeness (QED) is 0.805. The fraction of sp³-hybridized carbons (Fsp3) is 0.727. The molecule has 0 aliphatic carbocycles. The molecule has 104 valence electrons. The first-order valence-corrected chi connectivity index (χ1v) is 7.43. The van der Waals surface area contributed by atoms with Crippen LogP contribution in [0.5, 0.6) is 0 Å². The Labute approximate surface area is 108 Å². The van der Waals surface area contributed by atoms with Crippen molar-refractivity contribution in [2.24, 2.45) is 0 Å². The maximum atomic E-state index is 11.9. The van der Waals surface area contributed by atoms with Gasteiger partial charge in [0, 0.05) is 13.6 Å². The first-order chi connectivity index (χ1) is 8.38. The van der Waals surface area contributed by atoms with Crippen LogP contribution in [-0.2, 0) is 19.7 Å². The zero-order valence-corrected chi connectivity index (χ0v) is 11.8. The van der Waals surface area contributed by atoms with Gasteiger partial charge in [-0.1, -0.05) is 6.92 Å². The minimum absolute atomic E-state index is 0.372. The Bertz CT molecular complexity index is 442. The van der Waals surface area contributed by atoms with Crippen LogP contribution in [-0.4, -0.2) is 38.8 Å². The first-order valence-electron chi connectivity index (χ1n) is 5.99. The van der Waals surface area contributed by atoms with Crippen LogP contribution in [0.3, 0.4) is 0 Å². The second-order valence-corrected chi connectivity index (χ2v) is 6.02. The molecule has 1 amide bonds. The van der Waals surface area contributed by atoms with Gasteiger partial charge in [0.15, 0.2) is 0 Å². The SMILES string of the molecule is CCCN(C)S(=O)(=O)NC(=O)C1=C(C)OCCC1. The molecule has 7 heteroatoms. The van der Waals surface area contributed by atoms with E-state index in [0.29, 0.717) is 37.3 Å². The van der Waals surface area contributed by atoms with E-state index in [1.807, 2.05) is 6.92 Å². The second kappa shape index (κ2) is 6.19. The smallest absolute Gasteiger partial charge is 0.303 e. The van der Waals surface area contributed by atoms with Gasteiger partial charge in [-0.25, -0.2) is 4.72 Å². The molecule has 0 spiro atoms. The molecule has 0 bridgehead atoms. The third-order valence-electron chi connectivity index (χ3n) is 2.76. The van der Waals surface area contributed by atoms with Gasteiger partial charge in [-0.3, -0.25) is 4.79 Å². The van der Waals surface area contributed by atoms with E-state index in [2.05, 4.69) is 4.72 Å². The number of hydrogen-bond donors (Lipinski definition) is 1. The topological polar surface area (TPSA) is 75.7 Å². The van der Waals surface area contributed by atoms with Crippen molar-refractivity contribution in [1.82, 2.24) is 9.03 Å². The third kappa shape index (κ3) is 3.71. The van der Waals surface area contributed by atoms with E-state index < -0.39 is 16.1 Å². The predicted molar refractivity (Wildman–Crippen MR) is 67.9 cm³/mol. The number of allylic oxidation sites excluding steroid dienone is 1. The number of nitrogens with zero attached hydrogens (tertiary/aromatic N) is 1. The van der Waals surface area contributed by atoms with E-state index >= 15 is 0 Å². The Kier molecular flexibility index (Phi) is 5.15. The predicted octanol–water partition coefficient (Wildman–Crippen LogP) is 0.774. The summed E-state index contributed by atoms with van der Waals surface area (Å²) in [7, 11) is -2.31. The van der Waals surface area contributed by atoms with Crippen molar-refractivity contribution in [3.05, 3.63) is 11.3 Å². The third-order valence-corrected chi connectivity index (χ3v) is 4.21. The Balaban J connectivity index is 2.75. The Morgan fingerprint density at radius 2 is 2.17 bits per heavy atom. The normalized spacial score (nSPS) is 16.7. The largest absolute Gasteiger partial charge is 0.498 e. The molecule has 0 unspecified atom stereocenters. The van der Waals surface area contributed by atoms with Gasteiger partial charge in [0.1, 0.15) is 5.76 Å². The number of rotatable bonds is 5. The molecule has 1 heterocycles. The van der Waals surface area contributed by atoms with Gasteiger partial charge in [0.25, 0.3) is 5.91 Å². The summed E-state index contributed by atoms with van der Waals surface area (Å²) < 4.78 is 32.1. The van der Waals surface area contributed by atoms with Crippen molar-refractivity contribution in [1.29, 1.82) is 0 Å². The van der Waals surface area contributed by atoms with Crippen LogP contribution in [0.2, 0.25) is 0 Å². The summed E-state index contributed by atoms with van der Waals surface area (Å²) in [6.07, 6.45) is 1.96. The average Bonchev–Trinajstić information content (AvgIpc) is 2.29. The highest BCUT2D eigenvalue weighted by Crippen LogP contribution is 2.18. The lowest BCUT2D eigenvalue weighted by atomic mass is 10.1. The van der Waals surface area contributed by atoms with Gasteiger partial charge in [0.2, 0.25) is 0 Å².